The Balaban J connectivity index is 2.81. The highest BCUT2D eigenvalue weighted by atomic mass is 32.2. The Kier molecular flexibility index (Phi) is 5.21. The first kappa shape index (κ1) is 12.9. The Morgan fingerprint density at radius 2 is 2.25 bits per heavy atom. The van der Waals surface area contributed by atoms with Crippen molar-refractivity contribution in [1.82, 2.24) is 0 Å². The molecule has 0 bridgehead atoms. The fourth-order valence-electron chi connectivity index (χ4n) is 1.89. The van der Waals surface area contributed by atoms with Crippen molar-refractivity contribution in [3.63, 3.8) is 0 Å². The number of methoxy groups -OCH3 is 1. The monoisotopic (exact) mass is 235 g/mol. The molecule has 0 spiro atoms. The number of benzene rings is 1. The minimum Gasteiger partial charge on any atom is -0.496 e. The Bertz CT molecular complexity index is 384. The van der Waals surface area contributed by atoms with E-state index in [1.165, 1.54) is 22.9 Å². The second-order valence-electron chi connectivity index (χ2n) is 3.82. The van der Waals surface area contributed by atoms with Crippen LogP contribution in [0.3, 0.4) is 0 Å². The molecule has 3 heteroatoms. The molecule has 0 aromatic heterocycles. The molecule has 0 radical (unpaired) electrons. The fraction of sp³-hybridized carbons (Fsp3) is 0.462. The van der Waals surface area contributed by atoms with Crippen LogP contribution in [0.5, 0.6) is 5.75 Å². The minimum absolute atomic E-state index is 0.428. The quantitative estimate of drug-likeness (QED) is 0.576. The van der Waals surface area contributed by atoms with Gasteiger partial charge in [0.25, 0.3) is 0 Å². The summed E-state index contributed by atoms with van der Waals surface area (Å²) in [7, 11) is 1.70. The fourth-order valence-corrected chi connectivity index (χ4v) is 2.45. The molecule has 0 heterocycles. The summed E-state index contributed by atoms with van der Waals surface area (Å²) in [6, 6.07) is 6.11. The molecule has 0 aliphatic carbocycles. The number of rotatable bonds is 5. The first-order chi connectivity index (χ1) is 7.70. The summed E-state index contributed by atoms with van der Waals surface area (Å²) in [5.41, 5.74) is 2.53. The van der Waals surface area contributed by atoms with Crippen molar-refractivity contribution in [3.8, 4) is 11.2 Å². The van der Waals surface area contributed by atoms with Crippen LogP contribution in [0.2, 0.25) is 0 Å². The van der Waals surface area contributed by atoms with E-state index in [0.29, 0.717) is 5.92 Å². The number of aryl methyl sites for hydroxylation is 1. The van der Waals surface area contributed by atoms with Crippen LogP contribution >= 0.6 is 11.8 Å². The average Bonchev–Trinajstić information content (AvgIpc) is 2.28. The van der Waals surface area contributed by atoms with E-state index in [1.807, 2.05) is 12.1 Å². The van der Waals surface area contributed by atoms with Crippen molar-refractivity contribution in [2.24, 2.45) is 0 Å². The molecule has 1 rings (SSSR count). The van der Waals surface area contributed by atoms with Gasteiger partial charge in [-0.25, -0.2) is 0 Å². The largest absolute Gasteiger partial charge is 0.496 e. The first-order valence-corrected chi connectivity index (χ1v) is 6.33. The van der Waals surface area contributed by atoms with Gasteiger partial charge >= 0.3 is 0 Å². The lowest BCUT2D eigenvalue weighted by Gasteiger charge is -2.17. The van der Waals surface area contributed by atoms with E-state index in [1.54, 1.807) is 7.11 Å². The molecule has 0 saturated carbocycles. The van der Waals surface area contributed by atoms with Gasteiger partial charge in [-0.1, -0.05) is 19.1 Å². The molecule has 1 atom stereocenters. The number of hydrogen-bond acceptors (Lipinski definition) is 3. The van der Waals surface area contributed by atoms with E-state index in [2.05, 4.69) is 25.3 Å². The molecular formula is C13H17NOS. The predicted octanol–water partition coefficient (Wildman–Crippen LogP) is 3.71. The van der Waals surface area contributed by atoms with Gasteiger partial charge in [0.1, 0.15) is 11.2 Å². The van der Waals surface area contributed by atoms with E-state index in [4.69, 9.17) is 10.00 Å². The third kappa shape index (κ3) is 3.18. The van der Waals surface area contributed by atoms with Crippen LogP contribution < -0.4 is 4.74 Å². The summed E-state index contributed by atoms with van der Waals surface area (Å²) in [4.78, 5) is 0. The number of nitriles is 1. The zero-order valence-corrected chi connectivity index (χ0v) is 10.8. The van der Waals surface area contributed by atoms with Crippen LogP contribution in [0.1, 0.15) is 30.4 Å². The number of thioether (sulfide) groups is 1. The maximum atomic E-state index is 8.49. The number of ether oxygens (including phenoxy) is 1. The van der Waals surface area contributed by atoms with E-state index >= 15 is 0 Å². The zero-order chi connectivity index (χ0) is 12.0. The Morgan fingerprint density at radius 1 is 1.50 bits per heavy atom. The van der Waals surface area contributed by atoms with Crippen molar-refractivity contribution >= 4 is 11.8 Å². The Hall–Kier alpha value is -1.14. The lowest BCUT2D eigenvalue weighted by Crippen LogP contribution is -2.01. The van der Waals surface area contributed by atoms with Gasteiger partial charge < -0.3 is 4.74 Å². The van der Waals surface area contributed by atoms with Crippen molar-refractivity contribution in [2.75, 3.05) is 12.9 Å². The van der Waals surface area contributed by atoms with Gasteiger partial charge in [-0.3, -0.25) is 0 Å². The van der Waals surface area contributed by atoms with Gasteiger partial charge in [0, 0.05) is 5.75 Å². The van der Waals surface area contributed by atoms with Gasteiger partial charge in [-0.2, -0.15) is 5.26 Å². The highest BCUT2D eigenvalue weighted by Crippen LogP contribution is 2.32. The third-order valence-electron chi connectivity index (χ3n) is 2.71. The normalized spacial score (nSPS) is 11.9. The second-order valence-corrected chi connectivity index (χ2v) is 4.70. The van der Waals surface area contributed by atoms with Gasteiger partial charge in [-0.05, 0) is 48.2 Å². The summed E-state index contributed by atoms with van der Waals surface area (Å²) in [5.74, 6) is 2.25. The molecule has 1 unspecified atom stereocenters. The molecule has 86 valence electrons. The smallest absolute Gasteiger partial charge is 0.133 e. The first-order valence-electron chi connectivity index (χ1n) is 5.35. The molecule has 1 aromatic carbocycles. The van der Waals surface area contributed by atoms with Crippen LogP contribution in [0, 0.1) is 17.6 Å². The van der Waals surface area contributed by atoms with Crippen LogP contribution in [0.25, 0.3) is 0 Å². The van der Waals surface area contributed by atoms with Crippen LogP contribution in [0.4, 0.5) is 0 Å². The standard InChI is InChI=1S/C13H17NOS/c1-10-5-4-6-12(15-3)13(10)11(2)7-8-16-9-14/h4-6,11H,7-8H2,1-3H3. The van der Waals surface area contributed by atoms with Gasteiger partial charge in [0.15, 0.2) is 0 Å². The average molecular weight is 235 g/mol. The predicted molar refractivity (Wildman–Crippen MR) is 68.8 cm³/mol. The SMILES string of the molecule is COc1cccc(C)c1C(C)CCSC#N. The lowest BCUT2D eigenvalue weighted by molar-refractivity contribution is 0.405. The van der Waals surface area contributed by atoms with Crippen LogP contribution in [-0.4, -0.2) is 12.9 Å². The molecule has 0 aliphatic rings. The summed E-state index contributed by atoms with van der Waals surface area (Å²) < 4.78 is 5.38. The van der Waals surface area contributed by atoms with Crippen molar-refractivity contribution in [2.45, 2.75) is 26.2 Å². The molecule has 16 heavy (non-hydrogen) atoms. The summed E-state index contributed by atoms with van der Waals surface area (Å²) in [6.07, 6.45) is 0.999. The van der Waals surface area contributed by atoms with E-state index < -0.39 is 0 Å². The van der Waals surface area contributed by atoms with Crippen LogP contribution in [-0.2, 0) is 0 Å². The molecule has 2 nitrogen and oxygen atoms in total. The lowest BCUT2D eigenvalue weighted by atomic mass is 9.93. The van der Waals surface area contributed by atoms with E-state index in [0.717, 1.165) is 17.9 Å². The van der Waals surface area contributed by atoms with Gasteiger partial charge in [-0.15, -0.1) is 0 Å². The molecule has 0 N–H and O–H groups in total. The minimum atomic E-state index is 0.428. The molecule has 0 saturated heterocycles. The maximum Gasteiger partial charge on any atom is 0.133 e. The third-order valence-corrected chi connectivity index (χ3v) is 3.28. The topological polar surface area (TPSA) is 33.0 Å². The summed E-state index contributed by atoms with van der Waals surface area (Å²) in [5, 5.41) is 10.6. The highest BCUT2D eigenvalue weighted by molar-refractivity contribution is 8.03. The number of hydrogen-bond donors (Lipinski definition) is 0. The van der Waals surface area contributed by atoms with Crippen molar-refractivity contribution in [1.29, 1.82) is 5.26 Å². The summed E-state index contributed by atoms with van der Waals surface area (Å²) in [6.45, 7) is 4.29. The molecule has 0 aliphatic heterocycles. The molecule has 1 aromatic rings. The van der Waals surface area contributed by atoms with E-state index in [-0.39, 0.29) is 0 Å². The van der Waals surface area contributed by atoms with Crippen LogP contribution in [0.15, 0.2) is 18.2 Å². The van der Waals surface area contributed by atoms with E-state index in [9.17, 15) is 0 Å². The second kappa shape index (κ2) is 6.44. The highest BCUT2D eigenvalue weighted by Gasteiger charge is 2.13. The zero-order valence-electron chi connectivity index (χ0n) is 9.99. The van der Waals surface area contributed by atoms with Gasteiger partial charge in [0.05, 0.1) is 7.11 Å². The number of nitrogens with zero attached hydrogens (tertiary/aromatic N) is 1. The Labute approximate surface area is 102 Å². The molecule has 0 fully saturated rings. The van der Waals surface area contributed by atoms with Gasteiger partial charge in [0.2, 0.25) is 0 Å². The maximum absolute atomic E-state index is 8.49. The molecule has 0 amide bonds. The van der Waals surface area contributed by atoms with Crippen molar-refractivity contribution < 1.29 is 4.74 Å². The number of thiocyanates is 1. The summed E-state index contributed by atoms with van der Waals surface area (Å²) >= 11 is 1.32. The van der Waals surface area contributed by atoms with Crippen molar-refractivity contribution in [3.05, 3.63) is 29.3 Å². The molecular weight excluding hydrogens is 218 g/mol. The Morgan fingerprint density at radius 3 is 2.88 bits per heavy atom.